The Kier molecular flexibility index (Phi) is 4.11. The van der Waals surface area contributed by atoms with Crippen molar-refractivity contribution >= 4 is 5.82 Å². The Morgan fingerprint density at radius 3 is 2.55 bits per heavy atom. The number of hydrogen-bond acceptors (Lipinski definition) is 3. The van der Waals surface area contributed by atoms with Crippen molar-refractivity contribution in [1.82, 2.24) is 4.98 Å². The second-order valence-corrected chi connectivity index (χ2v) is 6.14. The molecule has 22 heavy (non-hydrogen) atoms. The molecule has 3 heteroatoms. The van der Waals surface area contributed by atoms with Crippen molar-refractivity contribution in [2.45, 2.75) is 38.1 Å². The van der Waals surface area contributed by atoms with E-state index in [2.05, 4.69) is 54.2 Å². The summed E-state index contributed by atoms with van der Waals surface area (Å²) in [5.41, 5.74) is 3.34. The third kappa shape index (κ3) is 2.82. The first-order valence-corrected chi connectivity index (χ1v) is 7.84. The zero-order valence-electron chi connectivity index (χ0n) is 13.2. The molecule has 1 fully saturated rings. The average molecular weight is 291 g/mol. The van der Waals surface area contributed by atoms with E-state index in [0.29, 0.717) is 17.5 Å². The number of hydrogen-bond donors (Lipinski definition) is 0. The van der Waals surface area contributed by atoms with Gasteiger partial charge in [0.2, 0.25) is 0 Å². The number of nitrogens with zero attached hydrogens (tertiary/aromatic N) is 3. The third-order valence-electron chi connectivity index (χ3n) is 4.72. The molecule has 3 rings (SSSR count). The molecule has 0 bridgehead atoms. The number of anilines is 1. The van der Waals surface area contributed by atoms with E-state index in [-0.39, 0.29) is 0 Å². The highest BCUT2D eigenvalue weighted by Gasteiger charge is 2.32. The van der Waals surface area contributed by atoms with Crippen LogP contribution in [0.25, 0.3) is 0 Å². The van der Waals surface area contributed by atoms with E-state index in [1.807, 2.05) is 12.1 Å². The van der Waals surface area contributed by atoms with E-state index >= 15 is 0 Å². The normalized spacial score (nSPS) is 20.6. The van der Waals surface area contributed by atoms with Gasteiger partial charge in [0.25, 0.3) is 0 Å². The van der Waals surface area contributed by atoms with Crippen molar-refractivity contribution in [1.29, 1.82) is 5.26 Å². The molecule has 0 spiro atoms. The van der Waals surface area contributed by atoms with Crippen LogP contribution in [-0.2, 0) is 0 Å². The van der Waals surface area contributed by atoms with E-state index in [1.54, 1.807) is 6.20 Å². The van der Waals surface area contributed by atoms with E-state index in [1.165, 1.54) is 30.4 Å². The van der Waals surface area contributed by atoms with Gasteiger partial charge < -0.3 is 4.90 Å². The van der Waals surface area contributed by atoms with Gasteiger partial charge in [0.15, 0.2) is 0 Å². The van der Waals surface area contributed by atoms with Gasteiger partial charge in [-0.25, -0.2) is 4.98 Å². The van der Waals surface area contributed by atoms with Gasteiger partial charge in [-0.3, -0.25) is 0 Å². The van der Waals surface area contributed by atoms with Gasteiger partial charge in [-0.2, -0.15) is 5.26 Å². The monoisotopic (exact) mass is 291 g/mol. The highest BCUT2D eigenvalue weighted by molar-refractivity contribution is 5.44. The predicted molar refractivity (Wildman–Crippen MR) is 88.9 cm³/mol. The lowest BCUT2D eigenvalue weighted by molar-refractivity contribution is 0.575. The molecule has 1 aliphatic rings. The van der Waals surface area contributed by atoms with Gasteiger partial charge in [0, 0.05) is 25.2 Å². The maximum Gasteiger partial charge on any atom is 0.128 e. The quantitative estimate of drug-likeness (QED) is 0.857. The first-order valence-electron chi connectivity index (χ1n) is 7.84. The Hall–Kier alpha value is -2.34. The number of aromatic nitrogens is 1. The number of likely N-dealkylation sites (N-methyl/N-ethyl adjacent to an activating group) is 1. The van der Waals surface area contributed by atoms with Gasteiger partial charge in [0.1, 0.15) is 11.9 Å². The molecule has 0 N–H and O–H groups in total. The van der Waals surface area contributed by atoms with Crippen LogP contribution in [0.1, 0.15) is 41.9 Å². The Bertz CT molecular complexity index is 667. The van der Waals surface area contributed by atoms with Crippen molar-refractivity contribution in [2.24, 2.45) is 0 Å². The van der Waals surface area contributed by atoms with Gasteiger partial charge in [-0.05, 0) is 37.5 Å². The molecule has 1 heterocycles. The molecule has 1 aromatic carbocycles. The molecule has 3 nitrogen and oxygen atoms in total. The van der Waals surface area contributed by atoms with Crippen LogP contribution < -0.4 is 4.90 Å². The number of pyridine rings is 1. The fraction of sp³-hybridized carbons (Fsp3) is 0.368. The summed E-state index contributed by atoms with van der Waals surface area (Å²) in [4.78, 5) is 6.72. The fourth-order valence-corrected chi connectivity index (χ4v) is 3.44. The Morgan fingerprint density at radius 1 is 1.14 bits per heavy atom. The molecule has 0 saturated heterocycles. The second-order valence-electron chi connectivity index (χ2n) is 6.14. The smallest absolute Gasteiger partial charge is 0.128 e. The largest absolute Gasteiger partial charge is 0.356 e. The van der Waals surface area contributed by atoms with E-state index in [4.69, 9.17) is 5.26 Å². The van der Waals surface area contributed by atoms with E-state index in [0.717, 1.165) is 5.82 Å². The minimum atomic E-state index is 0.475. The van der Waals surface area contributed by atoms with Crippen LogP contribution in [0, 0.1) is 18.3 Å². The SMILES string of the molecule is Cc1ccc(C2CCCC2N(C)c2ccc(C#N)cn2)cc1. The zero-order valence-corrected chi connectivity index (χ0v) is 13.2. The maximum atomic E-state index is 8.89. The molecule has 0 amide bonds. The van der Waals surface area contributed by atoms with Crippen molar-refractivity contribution in [2.75, 3.05) is 11.9 Å². The number of benzene rings is 1. The summed E-state index contributed by atoms with van der Waals surface area (Å²) in [6.45, 7) is 2.13. The maximum absolute atomic E-state index is 8.89. The van der Waals surface area contributed by atoms with Crippen LogP contribution in [0.2, 0.25) is 0 Å². The van der Waals surface area contributed by atoms with Crippen LogP contribution in [0.3, 0.4) is 0 Å². The molecule has 1 saturated carbocycles. The van der Waals surface area contributed by atoms with Gasteiger partial charge in [-0.1, -0.05) is 36.2 Å². The van der Waals surface area contributed by atoms with Crippen LogP contribution >= 0.6 is 0 Å². The molecule has 0 radical (unpaired) electrons. The molecule has 2 aromatic rings. The minimum absolute atomic E-state index is 0.475. The number of rotatable bonds is 3. The first kappa shape index (κ1) is 14.6. The van der Waals surface area contributed by atoms with Gasteiger partial charge >= 0.3 is 0 Å². The topological polar surface area (TPSA) is 39.9 Å². The summed E-state index contributed by atoms with van der Waals surface area (Å²) >= 11 is 0. The van der Waals surface area contributed by atoms with Crippen LogP contribution in [0.4, 0.5) is 5.82 Å². The zero-order chi connectivity index (χ0) is 15.5. The fourth-order valence-electron chi connectivity index (χ4n) is 3.44. The van der Waals surface area contributed by atoms with Crippen LogP contribution in [0.15, 0.2) is 42.6 Å². The predicted octanol–water partition coefficient (Wildman–Crippen LogP) is 4.03. The Balaban J connectivity index is 1.82. The highest BCUT2D eigenvalue weighted by Crippen LogP contribution is 2.38. The van der Waals surface area contributed by atoms with Crippen molar-refractivity contribution < 1.29 is 0 Å². The highest BCUT2D eigenvalue weighted by atomic mass is 15.2. The lowest BCUT2D eigenvalue weighted by Gasteiger charge is -2.31. The van der Waals surface area contributed by atoms with Crippen molar-refractivity contribution in [3.63, 3.8) is 0 Å². The molecule has 1 aromatic heterocycles. The standard InChI is InChI=1S/C19H21N3/c1-14-6-9-16(10-7-14)17-4-3-5-18(17)22(2)19-11-8-15(12-20)13-21-19/h6-11,13,17-18H,3-5H2,1-2H3. The van der Waals surface area contributed by atoms with Gasteiger partial charge in [-0.15, -0.1) is 0 Å². The summed E-state index contributed by atoms with van der Waals surface area (Å²) in [7, 11) is 2.12. The lowest BCUT2D eigenvalue weighted by atomic mass is 9.92. The van der Waals surface area contributed by atoms with Crippen molar-refractivity contribution in [3.8, 4) is 6.07 Å². The molecular formula is C19H21N3. The summed E-state index contributed by atoms with van der Waals surface area (Å²) in [5.74, 6) is 1.51. The molecule has 1 aliphatic carbocycles. The van der Waals surface area contributed by atoms with Crippen molar-refractivity contribution in [3.05, 3.63) is 59.3 Å². The average Bonchev–Trinajstić information content (AvgIpc) is 3.04. The molecule has 0 aliphatic heterocycles. The lowest BCUT2D eigenvalue weighted by Crippen LogP contribution is -2.34. The van der Waals surface area contributed by atoms with Gasteiger partial charge in [0.05, 0.1) is 5.56 Å². The molecule has 112 valence electrons. The Labute approximate surface area is 132 Å². The summed E-state index contributed by atoms with van der Waals surface area (Å²) in [6.07, 6.45) is 5.33. The molecule has 2 unspecified atom stereocenters. The van der Waals surface area contributed by atoms with Crippen LogP contribution in [0.5, 0.6) is 0 Å². The summed E-state index contributed by atoms with van der Waals surface area (Å²) in [5, 5.41) is 8.89. The van der Waals surface area contributed by atoms with E-state index in [9.17, 15) is 0 Å². The second kappa shape index (κ2) is 6.19. The Morgan fingerprint density at radius 2 is 1.91 bits per heavy atom. The minimum Gasteiger partial charge on any atom is -0.356 e. The van der Waals surface area contributed by atoms with Crippen LogP contribution in [-0.4, -0.2) is 18.1 Å². The number of nitriles is 1. The summed E-state index contributed by atoms with van der Waals surface area (Å²) in [6, 6.07) is 15.3. The molecule has 2 atom stereocenters. The third-order valence-corrected chi connectivity index (χ3v) is 4.72. The first-order chi connectivity index (χ1) is 10.7. The molecular weight excluding hydrogens is 270 g/mol. The number of aryl methyl sites for hydroxylation is 1. The summed E-state index contributed by atoms with van der Waals surface area (Å²) < 4.78 is 0. The van der Waals surface area contributed by atoms with E-state index < -0.39 is 0 Å².